The number of hydrogen-bond donors (Lipinski definition) is 1. The maximum absolute atomic E-state index is 11.9. The van der Waals surface area contributed by atoms with Crippen LogP contribution in [0, 0.1) is 5.92 Å². The molecular formula is C27H33N3O3. The lowest BCUT2D eigenvalue weighted by Gasteiger charge is -2.12. The average molecular weight is 448 g/mol. The highest BCUT2D eigenvalue weighted by Gasteiger charge is 2.29. The number of methoxy groups -OCH3 is 1. The Morgan fingerprint density at radius 2 is 2.03 bits per heavy atom. The fourth-order valence-electron chi connectivity index (χ4n) is 4.01. The van der Waals surface area contributed by atoms with Crippen LogP contribution in [0.2, 0.25) is 0 Å². The third kappa shape index (κ3) is 5.95. The van der Waals surface area contributed by atoms with Crippen LogP contribution in [0.1, 0.15) is 44.0 Å². The summed E-state index contributed by atoms with van der Waals surface area (Å²) in [4.78, 5) is 16.8. The molecule has 174 valence electrons. The van der Waals surface area contributed by atoms with E-state index in [2.05, 4.69) is 16.0 Å². The molecule has 0 bridgehead atoms. The Balaban J connectivity index is 1.31. The number of carbonyl (C=O) groups is 1. The van der Waals surface area contributed by atoms with Gasteiger partial charge >= 0.3 is 0 Å². The van der Waals surface area contributed by atoms with E-state index in [4.69, 9.17) is 14.5 Å². The van der Waals surface area contributed by atoms with Crippen molar-refractivity contribution in [3.8, 4) is 11.5 Å². The molecule has 1 N–H and O–H groups in total. The largest absolute Gasteiger partial charge is 0.493 e. The van der Waals surface area contributed by atoms with Gasteiger partial charge in [0.05, 0.1) is 24.8 Å². The molecule has 1 aromatic heterocycles. The van der Waals surface area contributed by atoms with Crippen molar-refractivity contribution in [2.75, 3.05) is 20.3 Å². The van der Waals surface area contributed by atoms with Gasteiger partial charge in [-0.25, -0.2) is 4.98 Å². The van der Waals surface area contributed by atoms with Gasteiger partial charge < -0.3 is 19.4 Å². The third-order valence-electron chi connectivity index (χ3n) is 5.91. The average Bonchev–Trinajstić information content (AvgIpc) is 3.63. The number of imidazole rings is 1. The molecule has 2 aromatic carbocycles. The van der Waals surface area contributed by atoms with Gasteiger partial charge in [-0.15, -0.1) is 0 Å². The molecule has 0 atom stereocenters. The first-order valence-electron chi connectivity index (χ1n) is 11.8. The highest BCUT2D eigenvalue weighted by molar-refractivity contribution is 5.80. The maximum Gasteiger partial charge on any atom is 0.223 e. The SMILES string of the molecule is C/C=C/c1ccc(OCCCCn2c(CCNC(=O)C3CC3)nc3ccccc32)c(OC)c1. The number of aromatic nitrogens is 2. The first-order valence-corrected chi connectivity index (χ1v) is 11.8. The molecule has 1 saturated carbocycles. The van der Waals surface area contributed by atoms with Gasteiger partial charge in [0.25, 0.3) is 0 Å². The topological polar surface area (TPSA) is 65.4 Å². The van der Waals surface area contributed by atoms with Crippen molar-refractivity contribution in [3.63, 3.8) is 0 Å². The second-order valence-corrected chi connectivity index (χ2v) is 8.45. The Bertz CT molecular complexity index is 1110. The molecular weight excluding hydrogens is 414 g/mol. The van der Waals surface area contributed by atoms with Crippen LogP contribution in [0.25, 0.3) is 17.1 Å². The van der Waals surface area contributed by atoms with Crippen LogP contribution in [0.15, 0.2) is 48.5 Å². The standard InChI is InChI=1S/C27H33N3O3/c1-3-8-20-11-14-24(25(19-20)32-2)33-18-7-6-17-30-23-10-5-4-9-22(23)29-26(30)15-16-28-27(31)21-12-13-21/h3-5,8-11,14,19,21H,6-7,12-13,15-18H2,1-2H3,(H,28,31)/b8-3+. The number of allylic oxidation sites excluding steroid dienone is 1. The molecule has 1 fully saturated rings. The number of rotatable bonds is 12. The number of carbonyl (C=O) groups excluding carboxylic acids is 1. The predicted octanol–water partition coefficient (Wildman–Crippen LogP) is 5.01. The molecule has 3 aromatic rings. The minimum atomic E-state index is 0.184. The van der Waals surface area contributed by atoms with E-state index in [-0.39, 0.29) is 11.8 Å². The lowest BCUT2D eigenvalue weighted by atomic mass is 10.2. The fraction of sp³-hybridized carbons (Fsp3) is 0.407. The molecule has 1 aliphatic carbocycles. The Hall–Kier alpha value is -3.28. The van der Waals surface area contributed by atoms with E-state index in [1.165, 1.54) is 0 Å². The normalized spacial score (nSPS) is 13.5. The zero-order chi connectivity index (χ0) is 23.0. The van der Waals surface area contributed by atoms with Crippen molar-refractivity contribution in [3.05, 3.63) is 59.9 Å². The summed E-state index contributed by atoms with van der Waals surface area (Å²) < 4.78 is 13.8. The van der Waals surface area contributed by atoms with Gasteiger partial charge in [0.2, 0.25) is 5.91 Å². The molecule has 33 heavy (non-hydrogen) atoms. The quantitative estimate of drug-likeness (QED) is 0.397. The number of ether oxygens (including phenoxy) is 2. The predicted molar refractivity (Wildman–Crippen MR) is 132 cm³/mol. The van der Waals surface area contributed by atoms with Crippen molar-refractivity contribution >= 4 is 23.0 Å². The minimum Gasteiger partial charge on any atom is -0.493 e. The Morgan fingerprint density at radius 3 is 2.82 bits per heavy atom. The van der Waals surface area contributed by atoms with E-state index in [1.807, 2.05) is 55.5 Å². The first-order chi connectivity index (χ1) is 16.2. The molecule has 1 heterocycles. The summed E-state index contributed by atoms with van der Waals surface area (Å²) >= 11 is 0. The van der Waals surface area contributed by atoms with Gasteiger partial charge in [0, 0.05) is 25.4 Å². The summed E-state index contributed by atoms with van der Waals surface area (Å²) in [5, 5.41) is 3.05. The number of aryl methyl sites for hydroxylation is 1. The van der Waals surface area contributed by atoms with Crippen molar-refractivity contribution < 1.29 is 14.3 Å². The van der Waals surface area contributed by atoms with Crippen LogP contribution in [0.3, 0.4) is 0 Å². The van der Waals surface area contributed by atoms with Crippen LogP contribution in [-0.4, -0.2) is 35.7 Å². The summed E-state index contributed by atoms with van der Waals surface area (Å²) in [5.41, 5.74) is 3.24. The molecule has 1 amide bonds. The molecule has 0 unspecified atom stereocenters. The first kappa shape index (κ1) is 22.9. The monoisotopic (exact) mass is 447 g/mol. The van der Waals surface area contributed by atoms with Gasteiger partial charge in [0.15, 0.2) is 11.5 Å². The molecule has 6 nitrogen and oxygen atoms in total. The van der Waals surface area contributed by atoms with E-state index in [1.54, 1.807) is 7.11 Å². The van der Waals surface area contributed by atoms with Crippen LogP contribution in [0.4, 0.5) is 0 Å². The molecule has 4 rings (SSSR count). The molecule has 0 saturated heterocycles. The zero-order valence-electron chi connectivity index (χ0n) is 19.5. The van der Waals surface area contributed by atoms with Crippen molar-refractivity contribution in [1.29, 1.82) is 0 Å². The number of nitrogens with one attached hydrogen (secondary N) is 1. The van der Waals surface area contributed by atoms with Crippen molar-refractivity contribution in [1.82, 2.24) is 14.9 Å². The number of fused-ring (bicyclic) bond motifs is 1. The van der Waals surface area contributed by atoms with E-state index >= 15 is 0 Å². The van der Waals surface area contributed by atoms with Crippen LogP contribution in [-0.2, 0) is 17.8 Å². The lowest BCUT2D eigenvalue weighted by molar-refractivity contribution is -0.122. The second-order valence-electron chi connectivity index (χ2n) is 8.45. The number of benzene rings is 2. The Labute approximate surface area is 195 Å². The number of unbranched alkanes of at least 4 members (excludes halogenated alkanes) is 1. The summed E-state index contributed by atoms with van der Waals surface area (Å²) in [5.74, 6) is 2.97. The summed E-state index contributed by atoms with van der Waals surface area (Å²) in [6, 6.07) is 14.2. The maximum atomic E-state index is 11.9. The molecule has 6 heteroatoms. The number of para-hydroxylation sites is 2. The van der Waals surface area contributed by atoms with Crippen LogP contribution in [0.5, 0.6) is 11.5 Å². The van der Waals surface area contributed by atoms with Crippen molar-refractivity contribution in [2.24, 2.45) is 5.92 Å². The highest BCUT2D eigenvalue weighted by atomic mass is 16.5. The number of hydrogen-bond acceptors (Lipinski definition) is 4. The van der Waals surface area contributed by atoms with Gasteiger partial charge in [-0.05, 0) is 62.4 Å². The van der Waals surface area contributed by atoms with Gasteiger partial charge in [-0.2, -0.15) is 0 Å². The minimum absolute atomic E-state index is 0.184. The number of amides is 1. The van der Waals surface area contributed by atoms with Crippen LogP contribution >= 0.6 is 0 Å². The molecule has 0 aliphatic heterocycles. The van der Waals surface area contributed by atoms with E-state index < -0.39 is 0 Å². The van der Waals surface area contributed by atoms with Gasteiger partial charge in [-0.1, -0.05) is 30.4 Å². The summed E-state index contributed by atoms with van der Waals surface area (Å²) in [6.45, 7) is 4.12. The third-order valence-corrected chi connectivity index (χ3v) is 5.91. The molecule has 0 spiro atoms. The van der Waals surface area contributed by atoms with Crippen LogP contribution < -0.4 is 14.8 Å². The van der Waals surface area contributed by atoms with E-state index in [9.17, 15) is 4.79 Å². The van der Waals surface area contributed by atoms with E-state index in [0.717, 1.165) is 72.6 Å². The van der Waals surface area contributed by atoms with E-state index in [0.29, 0.717) is 13.2 Å². The summed E-state index contributed by atoms with van der Waals surface area (Å²) in [6.07, 6.45) is 8.72. The fourth-order valence-corrected chi connectivity index (χ4v) is 4.01. The van der Waals surface area contributed by atoms with Gasteiger partial charge in [0.1, 0.15) is 5.82 Å². The van der Waals surface area contributed by atoms with Crippen molar-refractivity contribution in [2.45, 2.75) is 45.6 Å². The Morgan fingerprint density at radius 1 is 1.18 bits per heavy atom. The smallest absolute Gasteiger partial charge is 0.223 e. The molecule has 1 aliphatic rings. The summed E-state index contributed by atoms with van der Waals surface area (Å²) in [7, 11) is 1.67. The Kier molecular flexibility index (Phi) is 7.66. The van der Waals surface area contributed by atoms with Gasteiger partial charge in [-0.3, -0.25) is 4.79 Å². The number of nitrogens with zero attached hydrogens (tertiary/aromatic N) is 2. The second kappa shape index (κ2) is 11.0. The zero-order valence-corrected chi connectivity index (χ0v) is 19.5. The molecule has 0 radical (unpaired) electrons. The lowest BCUT2D eigenvalue weighted by Crippen LogP contribution is -2.27. The highest BCUT2D eigenvalue weighted by Crippen LogP contribution is 2.29.